The molecule has 8 nitrogen and oxygen atoms in total. The topological polar surface area (TPSA) is 113 Å². The van der Waals surface area contributed by atoms with Crippen molar-refractivity contribution < 1.29 is 23.5 Å². The Labute approximate surface area is 206 Å². The first-order valence-corrected chi connectivity index (χ1v) is 11.1. The monoisotopic (exact) mass is 477 g/mol. The molecule has 1 aliphatic heterocycles. The summed E-state index contributed by atoms with van der Waals surface area (Å²) in [6.07, 6.45) is 2.88. The fraction of sp³-hybridized carbons (Fsp3) is 0.0714. The summed E-state index contributed by atoms with van der Waals surface area (Å²) in [4.78, 5) is 39.3. The number of ether oxygens (including phenoxy) is 1. The number of carbonyl (C=O) groups is 3. The van der Waals surface area contributed by atoms with Gasteiger partial charge in [0.25, 0.3) is 11.8 Å². The smallest absolute Gasteiger partial charge is 0.331 e. The summed E-state index contributed by atoms with van der Waals surface area (Å²) in [7, 11) is 0. The third kappa shape index (κ3) is 4.33. The number of nitrogens with zero attached hydrogens (tertiary/aromatic N) is 2. The van der Waals surface area contributed by atoms with Crippen molar-refractivity contribution in [3.8, 4) is 11.8 Å². The number of fused-ring (bicyclic) bond motifs is 1. The van der Waals surface area contributed by atoms with Crippen molar-refractivity contribution in [3.63, 3.8) is 0 Å². The number of imide groups is 2. The summed E-state index contributed by atoms with van der Waals surface area (Å²) in [5.74, 6) is -0.718. The first-order valence-electron chi connectivity index (χ1n) is 11.1. The van der Waals surface area contributed by atoms with E-state index in [1.54, 1.807) is 36.4 Å². The van der Waals surface area contributed by atoms with Crippen LogP contribution < -0.4 is 10.1 Å². The maximum atomic E-state index is 13.2. The third-order valence-electron chi connectivity index (χ3n) is 5.82. The highest BCUT2D eigenvalue weighted by molar-refractivity contribution is 6.31. The molecular weight excluding hydrogens is 458 g/mol. The molecule has 1 fully saturated rings. The lowest BCUT2D eigenvalue weighted by atomic mass is 9.99. The van der Waals surface area contributed by atoms with Gasteiger partial charge in [-0.15, -0.1) is 0 Å². The van der Waals surface area contributed by atoms with E-state index in [1.165, 1.54) is 12.3 Å². The molecule has 3 aromatic carbocycles. The normalized spacial score (nSPS) is 14.7. The van der Waals surface area contributed by atoms with E-state index < -0.39 is 17.8 Å². The van der Waals surface area contributed by atoms with Gasteiger partial charge in [0, 0.05) is 11.1 Å². The predicted octanol–water partition coefficient (Wildman–Crippen LogP) is 4.55. The van der Waals surface area contributed by atoms with Crippen LogP contribution in [0.15, 0.2) is 89.0 Å². The fourth-order valence-corrected chi connectivity index (χ4v) is 4.00. The Morgan fingerprint density at radius 3 is 2.58 bits per heavy atom. The van der Waals surface area contributed by atoms with Crippen molar-refractivity contribution in [3.05, 3.63) is 107 Å². The second-order valence-corrected chi connectivity index (χ2v) is 8.04. The molecule has 176 valence electrons. The zero-order valence-electron chi connectivity index (χ0n) is 18.9. The number of benzene rings is 3. The van der Waals surface area contributed by atoms with Gasteiger partial charge in [0.2, 0.25) is 0 Å². The van der Waals surface area contributed by atoms with Crippen molar-refractivity contribution in [1.29, 1.82) is 5.26 Å². The van der Waals surface area contributed by atoms with Crippen LogP contribution >= 0.6 is 0 Å². The van der Waals surface area contributed by atoms with Crippen LogP contribution in [-0.2, 0) is 22.7 Å². The van der Waals surface area contributed by atoms with Crippen molar-refractivity contribution in [2.75, 3.05) is 0 Å². The molecule has 1 N–H and O–H groups in total. The van der Waals surface area contributed by atoms with Gasteiger partial charge in [0.05, 0.1) is 24.4 Å². The van der Waals surface area contributed by atoms with E-state index >= 15 is 0 Å². The second kappa shape index (κ2) is 9.60. The van der Waals surface area contributed by atoms with Gasteiger partial charge in [0.1, 0.15) is 23.7 Å². The maximum absolute atomic E-state index is 13.2. The Kier molecular flexibility index (Phi) is 6.03. The minimum Gasteiger partial charge on any atom is -0.488 e. The largest absolute Gasteiger partial charge is 0.488 e. The number of nitrogens with one attached hydrogen (secondary N) is 1. The van der Waals surface area contributed by atoms with Crippen molar-refractivity contribution in [2.24, 2.45) is 0 Å². The molecule has 0 saturated carbocycles. The van der Waals surface area contributed by atoms with E-state index in [-0.39, 0.29) is 18.7 Å². The van der Waals surface area contributed by atoms with E-state index in [0.29, 0.717) is 28.2 Å². The van der Waals surface area contributed by atoms with E-state index in [4.69, 9.17) is 9.15 Å². The lowest BCUT2D eigenvalue weighted by molar-refractivity contribution is -0.130. The molecule has 36 heavy (non-hydrogen) atoms. The molecule has 1 aliphatic rings. The number of furan rings is 1. The molecule has 0 spiro atoms. The maximum Gasteiger partial charge on any atom is 0.331 e. The summed E-state index contributed by atoms with van der Waals surface area (Å²) in [6.45, 7) is -0.00633. The summed E-state index contributed by atoms with van der Waals surface area (Å²) in [5, 5.41) is 13.2. The van der Waals surface area contributed by atoms with Gasteiger partial charge in [-0.3, -0.25) is 19.8 Å². The molecule has 0 atom stereocenters. The van der Waals surface area contributed by atoms with Crippen LogP contribution in [0.1, 0.15) is 22.5 Å². The van der Waals surface area contributed by atoms with E-state index in [9.17, 15) is 19.6 Å². The van der Waals surface area contributed by atoms with Crippen LogP contribution in [0, 0.1) is 11.3 Å². The first-order chi connectivity index (χ1) is 17.5. The molecule has 4 amide bonds. The van der Waals surface area contributed by atoms with Gasteiger partial charge in [0.15, 0.2) is 0 Å². The lowest BCUT2D eigenvalue weighted by Gasteiger charge is -2.25. The number of amides is 4. The summed E-state index contributed by atoms with van der Waals surface area (Å²) < 4.78 is 11.3. The summed E-state index contributed by atoms with van der Waals surface area (Å²) >= 11 is 0. The van der Waals surface area contributed by atoms with E-state index in [0.717, 1.165) is 15.7 Å². The van der Waals surface area contributed by atoms with Crippen molar-refractivity contribution >= 4 is 34.7 Å². The Morgan fingerprint density at radius 2 is 1.78 bits per heavy atom. The Morgan fingerprint density at radius 1 is 0.972 bits per heavy atom. The standard InChI is InChI=1S/C28H19N3O5/c29-15-19-7-1-2-8-20(19)17-36-25-12-11-18-6-3-4-10-22(18)23(25)14-24-26(32)30-28(34)31(27(24)33)16-21-9-5-13-35-21/h1-14H,16-17H2,(H,30,32,34). The average molecular weight is 477 g/mol. The van der Waals surface area contributed by atoms with Crippen LogP contribution in [0.25, 0.3) is 16.8 Å². The minimum absolute atomic E-state index is 0.113. The number of barbiturate groups is 1. The number of rotatable bonds is 6. The summed E-state index contributed by atoms with van der Waals surface area (Å²) in [5.41, 5.74) is 1.49. The molecular formula is C28H19N3O5. The highest BCUT2D eigenvalue weighted by atomic mass is 16.5. The van der Waals surface area contributed by atoms with Crippen LogP contribution in [0.2, 0.25) is 0 Å². The highest BCUT2D eigenvalue weighted by Crippen LogP contribution is 2.32. The van der Waals surface area contributed by atoms with Gasteiger partial charge in [-0.05, 0) is 41.1 Å². The minimum atomic E-state index is -0.818. The SMILES string of the molecule is N#Cc1ccccc1COc1ccc2ccccc2c1C=C1C(=O)NC(=O)N(Cc2ccco2)C1=O. The van der Waals surface area contributed by atoms with E-state index in [1.807, 2.05) is 36.4 Å². The molecule has 5 rings (SSSR count). The molecule has 4 aromatic rings. The number of hydrogen-bond acceptors (Lipinski definition) is 6. The number of nitriles is 1. The van der Waals surface area contributed by atoms with Gasteiger partial charge < -0.3 is 9.15 Å². The predicted molar refractivity (Wildman–Crippen MR) is 130 cm³/mol. The Bertz CT molecular complexity index is 1560. The number of hydrogen-bond donors (Lipinski definition) is 1. The van der Waals surface area contributed by atoms with Gasteiger partial charge in [-0.1, -0.05) is 48.5 Å². The Hall–Kier alpha value is -5.16. The molecule has 0 aliphatic carbocycles. The summed E-state index contributed by atoms with van der Waals surface area (Å²) in [6, 6.07) is 22.8. The molecule has 0 bridgehead atoms. The van der Waals surface area contributed by atoms with Crippen LogP contribution in [0.4, 0.5) is 4.79 Å². The molecule has 2 heterocycles. The molecule has 8 heteroatoms. The fourth-order valence-electron chi connectivity index (χ4n) is 4.00. The first kappa shape index (κ1) is 22.6. The number of carbonyl (C=O) groups excluding carboxylic acids is 3. The van der Waals surface area contributed by atoms with Gasteiger partial charge >= 0.3 is 6.03 Å². The van der Waals surface area contributed by atoms with Crippen LogP contribution in [0.5, 0.6) is 5.75 Å². The zero-order valence-corrected chi connectivity index (χ0v) is 18.9. The van der Waals surface area contributed by atoms with Gasteiger partial charge in [-0.2, -0.15) is 5.26 Å². The van der Waals surface area contributed by atoms with Crippen molar-refractivity contribution in [1.82, 2.24) is 10.2 Å². The number of urea groups is 1. The quantitative estimate of drug-likeness (QED) is 0.322. The van der Waals surface area contributed by atoms with E-state index in [2.05, 4.69) is 11.4 Å². The Balaban J connectivity index is 1.55. The van der Waals surface area contributed by atoms with Crippen molar-refractivity contribution in [2.45, 2.75) is 13.2 Å². The average Bonchev–Trinajstić information content (AvgIpc) is 3.41. The van der Waals surface area contributed by atoms with Crippen LogP contribution in [-0.4, -0.2) is 22.7 Å². The third-order valence-corrected chi connectivity index (χ3v) is 5.82. The highest BCUT2D eigenvalue weighted by Gasteiger charge is 2.36. The molecule has 1 aromatic heterocycles. The second-order valence-electron chi connectivity index (χ2n) is 8.04. The van der Waals surface area contributed by atoms with Crippen LogP contribution in [0.3, 0.4) is 0 Å². The molecule has 0 radical (unpaired) electrons. The van der Waals surface area contributed by atoms with Gasteiger partial charge in [-0.25, -0.2) is 4.79 Å². The lowest BCUT2D eigenvalue weighted by Crippen LogP contribution is -2.53. The molecule has 1 saturated heterocycles. The molecule has 0 unspecified atom stereocenters. The zero-order chi connectivity index (χ0) is 25.1.